The van der Waals surface area contributed by atoms with Gasteiger partial charge in [-0.2, -0.15) is 0 Å². The maximum Gasteiger partial charge on any atom is 0.0736 e. The van der Waals surface area contributed by atoms with Crippen LogP contribution in [0.5, 0.6) is 0 Å². The predicted molar refractivity (Wildman–Crippen MR) is 55.4 cm³/mol. The van der Waals surface area contributed by atoms with Crippen LogP contribution in [0, 0.1) is 0 Å². The van der Waals surface area contributed by atoms with Gasteiger partial charge < -0.3 is 10.5 Å². The van der Waals surface area contributed by atoms with E-state index in [9.17, 15) is 0 Å². The molecule has 1 rings (SSSR count). The Bertz CT molecular complexity index is 268. The number of hydrogen-bond acceptors (Lipinski definition) is 3. The van der Waals surface area contributed by atoms with Crippen LogP contribution in [0.2, 0.25) is 0 Å². The lowest BCUT2D eigenvalue weighted by Gasteiger charge is -2.11. The molecule has 0 aromatic carbocycles. The third-order valence-electron chi connectivity index (χ3n) is 1.64. The van der Waals surface area contributed by atoms with E-state index in [2.05, 4.69) is 20.9 Å². The van der Waals surface area contributed by atoms with Crippen molar-refractivity contribution in [2.24, 2.45) is 5.73 Å². The van der Waals surface area contributed by atoms with Crippen LogP contribution in [-0.4, -0.2) is 18.2 Å². The maximum atomic E-state index is 5.86. The van der Waals surface area contributed by atoms with Crippen LogP contribution in [-0.2, 0) is 4.74 Å². The highest BCUT2D eigenvalue weighted by Crippen LogP contribution is 2.18. The second kappa shape index (κ2) is 5.32. The zero-order valence-corrected chi connectivity index (χ0v) is 9.12. The Morgan fingerprint density at radius 2 is 2.46 bits per heavy atom. The number of rotatable bonds is 4. The summed E-state index contributed by atoms with van der Waals surface area (Å²) in [4.78, 5) is 4.18. The minimum atomic E-state index is -0.157. The van der Waals surface area contributed by atoms with Gasteiger partial charge in [-0.15, -0.1) is 0 Å². The summed E-state index contributed by atoms with van der Waals surface area (Å²) in [5, 5.41) is 0. The molecule has 0 aliphatic rings. The Morgan fingerprint density at radius 3 is 3.08 bits per heavy atom. The van der Waals surface area contributed by atoms with Crippen LogP contribution in [0.15, 0.2) is 22.8 Å². The first kappa shape index (κ1) is 10.6. The van der Waals surface area contributed by atoms with Gasteiger partial charge in [0.2, 0.25) is 0 Å². The van der Waals surface area contributed by atoms with Crippen molar-refractivity contribution < 1.29 is 4.74 Å². The van der Waals surface area contributed by atoms with Crippen LogP contribution >= 0.6 is 15.9 Å². The number of nitrogens with two attached hydrogens (primary N) is 1. The van der Waals surface area contributed by atoms with Crippen LogP contribution in [0.4, 0.5) is 0 Å². The Balaban J connectivity index is 2.65. The third kappa shape index (κ3) is 3.06. The number of nitrogens with zero attached hydrogens (tertiary/aromatic N) is 1. The Labute approximate surface area is 86.4 Å². The molecule has 1 atom stereocenters. The molecule has 1 heterocycles. The molecule has 0 fully saturated rings. The number of ether oxygens (including phenoxy) is 1. The summed E-state index contributed by atoms with van der Waals surface area (Å²) in [6.07, 6.45) is 1.73. The Hall–Kier alpha value is -0.450. The molecule has 0 amide bonds. The summed E-state index contributed by atoms with van der Waals surface area (Å²) in [7, 11) is 0. The van der Waals surface area contributed by atoms with Crippen molar-refractivity contribution in [3.05, 3.63) is 28.5 Å². The molecular formula is C9H13BrN2O. The van der Waals surface area contributed by atoms with E-state index in [0.29, 0.717) is 13.2 Å². The summed E-state index contributed by atoms with van der Waals surface area (Å²) in [6, 6.07) is 3.63. The number of aromatic nitrogens is 1. The van der Waals surface area contributed by atoms with E-state index in [1.165, 1.54) is 0 Å². The molecule has 72 valence electrons. The summed E-state index contributed by atoms with van der Waals surface area (Å²) >= 11 is 3.39. The number of hydrogen-bond donors (Lipinski definition) is 1. The molecule has 13 heavy (non-hydrogen) atoms. The van der Waals surface area contributed by atoms with Crippen LogP contribution < -0.4 is 5.73 Å². The number of halogens is 1. The average molecular weight is 245 g/mol. The predicted octanol–water partition coefficient (Wildman–Crippen LogP) is 1.88. The summed E-state index contributed by atoms with van der Waals surface area (Å²) in [5.74, 6) is 0. The fourth-order valence-electron chi connectivity index (χ4n) is 0.994. The Kier molecular flexibility index (Phi) is 4.35. The van der Waals surface area contributed by atoms with E-state index >= 15 is 0 Å². The van der Waals surface area contributed by atoms with Crippen molar-refractivity contribution in [2.75, 3.05) is 13.2 Å². The normalized spacial score (nSPS) is 12.8. The maximum absolute atomic E-state index is 5.86. The van der Waals surface area contributed by atoms with Crippen LogP contribution in [0.3, 0.4) is 0 Å². The molecule has 1 unspecified atom stereocenters. The molecule has 3 nitrogen and oxygen atoms in total. The van der Waals surface area contributed by atoms with Gasteiger partial charge in [0.1, 0.15) is 0 Å². The molecule has 0 aliphatic carbocycles. The molecule has 1 aromatic heterocycles. The lowest BCUT2D eigenvalue weighted by Crippen LogP contribution is -2.18. The summed E-state index contributed by atoms with van der Waals surface area (Å²) in [6.45, 7) is 3.13. The summed E-state index contributed by atoms with van der Waals surface area (Å²) < 4.78 is 6.15. The van der Waals surface area contributed by atoms with Crippen LogP contribution in [0.25, 0.3) is 0 Å². The van der Waals surface area contributed by atoms with E-state index in [-0.39, 0.29) is 6.04 Å². The second-order valence-electron chi connectivity index (χ2n) is 2.64. The van der Waals surface area contributed by atoms with Crippen molar-refractivity contribution >= 4 is 15.9 Å². The topological polar surface area (TPSA) is 48.1 Å². The van der Waals surface area contributed by atoms with Crippen molar-refractivity contribution in [3.63, 3.8) is 0 Å². The molecule has 2 N–H and O–H groups in total. The first-order valence-corrected chi connectivity index (χ1v) is 4.98. The highest BCUT2D eigenvalue weighted by molar-refractivity contribution is 9.10. The minimum Gasteiger partial charge on any atom is -0.380 e. The van der Waals surface area contributed by atoms with E-state index in [1.807, 2.05) is 19.1 Å². The lowest BCUT2D eigenvalue weighted by atomic mass is 10.2. The molecule has 0 bridgehead atoms. The highest BCUT2D eigenvalue weighted by atomic mass is 79.9. The zero-order valence-electron chi connectivity index (χ0n) is 7.53. The van der Waals surface area contributed by atoms with Crippen molar-refractivity contribution in [3.8, 4) is 0 Å². The number of pyridine rings is 1. The van der Waals surface area contributed by atoms with Gasteiger partial charge in [-0.25, -0.2) is 0 Å². The van der Waals surface area contributed by atoms with Gasteiger partial charge in [0.05, 0.1) is 18.3 Å². The quantitative estimate of drug-likeness (QED) is 0.880. The largest absolute Gasteiger partial charge is 0.380 e. The lowest BCUT2D eigenvalue weighted by molar-refractivity contribution is 0.132. The van der Waals surface area contributed by atoms with Gasteiger partial charge in [-0.05, 0) is 35.0 Å². The second-order valence-corrected chi connectivity index (χ2v) is 3.49. The van der Waals surface area contributed by atoms with Crippen LogP contribution in [0.1, 0.15) is 18.7 Å². The van der Waals surface area contributed by atoms with E-state index in [1.54, 1.807) is 6.20 Å². The molecule has 0 radical (unpaired) electrons. The fourth-order valence-corrected chi connectivity index (χ4v) is 1.54. The average Bonchev–Trinajstić information content (AvgIpc) is 2.15. The molecule has 0 saturated carbocycles. The molecular weight excluding hydrogens is 232 g/mol. The molecule has 1 aromatic rings. The van der Waals surface area contributed by atoms with Gasteiger partial charge >= 0.3 is 0 Å². The van der Waals surface area contributed by atoms with E-state index < -0.39 is 0 Å². The van der Waals surface area contributed by atoms with Crippen molar-refractivity contribution in [2.45, 2.75) is 13.0 Å². The van der Waals surface area contributed by atoms with E-state index in [4.69, 9.17) is 10.5 Å². The molecule has 0 aliphatic heterocycles. The summed E-state index contributed by atoms with van der Waals surface area (Å²) in [5.41, 5.74) is 6.71. The Morgan fingerprint density at radius 1 is 1.69 bits per heavy atom. The molecule has 0 saturated heterocycles. The zero-order chi connectivity index (χ0) is 9.68. The van der Waals surface area contributed by atoms with Gasteiger partial charge in [0, 0.05) is 17.3 Å². The van der Waals surface area contributed by atoms with Gasteiger partial charge in [-0.1, -0.05) is 0 Å². The van der Waals surface area contributed by atoms with Gasteiger partial charge in [-0.3, -0.25) is 4.98 Å². The standard InChI is InChI=1S/C9H13BrN2O/c1-2-13-6-8(11)9-7(10)4-3-5-12-9/h3-5,8H,2,6,11H2,1H3. The highest BCUT2D eigenvalue weighted by Gasteiger charge is 2.10. The minimum absolute atomic E-state index is 0.157. The smallest absolute Gasteiger partial charge is 0.0736 e. The third-order valence-corrected chi connectivity index (χ3v) is 2.31. The SMILES string of the molecule is CCOCC(N)c1ncccc1Br. The van der Waals surface area contributed by atoms with E-state index in [0.717, 1.165) is 10.2 Å². The monoisotopic (exact) mass is 244 g/mol. The van der Waals surface area contributed by atoms with Crippen molar-refractivity contribution in [1.82, 2.24) is 4.98 Å². The first-order chi connectivity index (χ1) is 6.25. The van der Waals surface area contributed by atoms with Gasteiger partial charge in [0.25, 0.3) is 0 Å². The van der Waals surface area contributed by atoms with Gasteiger partial charge in [0.15, 0.2) is 0 Å². The first-order valence-electron chi connectivity index (χ1n) is 4.19. The van der Waals surface area contributed by atoms with Crippen molar-refractivity contribution in [1.29, 1.82) is 0 Å². The molecule has 0 spiro atoms. The molecule has 4 heteroatoms. The fraction of sp³-hybridized carbons (Fsp3) is 0.444.